The lowest BCUT2D eigenvalue weighted by Gasteiger charge is -2.21. The highest BCUT2D eigenvalue weighted by Gasteiger charge is 2.37. The molecule has 0 aliphatic heterocycles. The topological polar surface area (TPSA) is 30.0 Å². The number of pyridine rings is 1. The maximum Gasteiger partial charge on any atom is 0.418 e. The van der Waals surface area contributed by atoms with E-state index in [2.05, 4.69) is 4.98 Å². The molecule has 0 aliphatic carbocycles. The molecule has 138 valence electrons. The van der Waals surface area contributed by atoms with Crippen molar-refractivity contribution in [2.45, 2.75) is 18.5 Å². The van der Waals surface area contributed by atoms with Gasteiger partial charge >= 0.3 is 6.18 Å². The predicted molar refractivity (Wildman–Crippen MR) is 92.9 cm³/mol. The number of benzene rings is 2. The normalized spacial score (nSPS) is 12.6. The zero-order valence-electron chi connectivity index (χ0n) is 14.1. The molecule has 0 N–H and O–H groups in total. The Bertz CT molecular complexity index is 921. The summed E-state index contributed by atoms with van der Waals surface area (Å²) in [6, 6.07) is 15.5. The third kappa shape index (κ3) is 4.39. The number of carbonyl (C=O) groups excluding carboxylic acids is 1. The van der Waals surface area contributed by atoms with Crippen LogP contribution in [0.1, 0.15) is 39.5 Å². The second kappa shape index (κ2) is 7.70. The standard InChI is InChI=1S/C21H15F4NO/c22-16-10-8-14(9-11-16)17(13-19(27)15-5-2-1-3-6-15)20-18(21(23,24)25)7-4-12-26-20/h1-12,17H,13H2/t17-/m0/s1. The number of hydrogen-bond donors (Lipinski definition) is 0. The molecule has 2 aromatic carbocycles. The van der Waals surface area contributed by atoms with Gasteiger partial charge in [0.25, 0.3) is 0 Å². The van der Waals surface area contributed by atoms with Crippen LogP contribution in [0.3, 0.4) is 0 Å². The Morgan fingerprint density at radius 2 is 1.59 bits per heavy atom. The smallest absolute Gasteiger partial charge is 0.294 e. The molecule has 0 bridgehead atoms. The van der Waals surface area contributed by atoms with E-state index in [0.29, 0.717) is 11.1 Å². The van der Waals surface area contributed by atoms with Gasteiger partial charge < -0.3 is 0 Å². The summed E-state index contributed by atoms with van der Waals surface area (Å²) in [6.45, 7) is 0. The molecule has 1 heterocycles. The van der Waals surface area contributed by atoms with E-state index in [1.54, 1.807) is 30.3 Å². The van der Waals surface area contributed by atoms with Gasteiger partial charge in [0.2, 0.25) is 0 Å². The minimum absolute atomic E-state index is 0.213. The molecule has 2 nitrogen and oxygen atoms in total. The molecule has 6 heteroatoms. The maximum atomic E-state index is 13.5. The molecule has 3 rings (SSSR count). The van der Waals surface area contributed by atoms with E-state index in [-0.39, 0.29) is 17.9 Å². The van der Waals surface area contributed by atoms with Crippen molar-refractivity contribution in [2.75, 3.05) is 0 Å². The largest absolute Gasteiger partial charge is 0.418 e. The second-order valence-electron chi connectivity index (χ2n) is 6.03. The first-order valence-corrected chi connectivity index (χ1v) is 8.22. The highest BCUT2D eigenvalue weighted by molar-refractivity contribution is 5.96. The molecule has 0 spiro atoms. The molecule has 0 radical (unpaired) electrons. The minimum atomic E-state index is -4.61. The van der Waals surface area contributed by atoms with Crippen LogP contribution in [0.5, 0.6) is 0 Å². The summed E-state index contributed by atoms with van der Waals surface area (Å²) < 4.78 is 53.7. The van der Waals surface area contributed by atoms with Gasteiger partial charge in [-0.25, -0.2) is 4.39 Å². The monoisotopic (exact) mass is 373 g/mol. The Labute approximate surface area is 153 Å². The molecule has 1 aromatic heterocycles. The zero-order valence-corrected chi connectivity index (χ0v) is 14.1. The molecule has 0 aliphatic rings. The van der Waals surface area contributed by atoms with E-state index in [1.165, 1.54) is 24.4 Å². The number of alkyl halides is 3. The van der Waals surface area contributed by atoms with E-state index in [0.717, 1.165) is 18.2 Å². The van der Waals surface area contributed by atoms with Crippen LogP contribution < -0.4 is 0 Å². The number of nitrogens with zero attached hydrogens (tertiary/aromatic N) is 1. The van der Waals surface area contributed by atoms with Crippen molar-refractivity contribution in [3.8, 4) is 0 Å². The Hall–Kier alpha value is -3.02. The third-order valence-electron chi connectivity index (χ3n) is 4.23. The van der Waals surface area contributed by atoms with E-state index in [4.69, 9.17) is 0 Å². The van der Waals surface area contributed by atoms with Gasteiger partial charge in [0.1, 0.15) is 5.82 Å². The molecule has 1 atom stereocenters. The van der Waals surface area contributed by atoms with Crippen molar-refractivity contribution in [3.63, 3.8) is 0 Å². The van der Waals surface area contributed by atoms with E-state index >= 15 is 0 Å². The fraction of sp³-hybridized carbons (Fsp3) is 0.143. The van der Waals surface area contributed by atoms with Crippen LogP contribution in [0, 0.1) is 5.82 Å². The lowest BCUT2D eigenvalue weighted by Crippen LogP contribution is -2.17. The van der Waals surface area contributed by atoms with Crippen LogP contribution in [0.4, 0.5) is 17.6 Å². The van der Waals surface area contributed by atoms with Gasteiger partial charge in [-0.3, -0.25) is 9.78 Å². The van der Waals surface area contributed by atoms with Gasteiger partial charge in [-0.1, -0.05) is 42.5 Å². The Morgan fingerprint density at radius 3 is 2.22 bits per heavy atom. The molecule has 0 saturated heterocycles. The van der Waals surface area contributed by atoms with Crippen LogP contribution in [-0.4, -0.2) is 10.8 Å². The molecular weight excluding hydrogens is 358 g/mol. The van der Waals surface area contributed by atoms with Gasteiger partial charge in [0.15, 0.2) is 5.78 Å². The van der Waals surface area contributed by atoms with E-state index in [1.807, 2.05) is 0 Å². The van der Waals surface area contributed by atoms with E-state index < -0.39 is 23.5 Å². The van der Waals surface area contributed by atoms with E-state index in [9.17, 15) is 22.4 Å². The summed E-state index contributed by atoms with van der Waals surface area (Å²) in [5.74, 6) is -1.77. The number of halogens is 4. The summed E-state index contributed by atoms with van der Waals surface area (Å²) >= 11 is 0. The highest BCUT2D eigenvalue weighted by atomic mass is 19.4. The number of rotatable bonds is 5. The van der Waals surface area contributed by atoms with Gasteiger partial charge in [-0.05, 0) is 29.8 Å². The van der Waals surface area contributed by atoms with Crippen LogP contribution in [0.15, 0.2) is 72.9 Å². The number of carbonyl (C=O) groups is 1. The first-order chi connectivity index (χ1) is 12.9. The first kappa shape index (κ1) is 18.8. The first-order valence-electron chi connectivity index (χ1n) is 8.22. The van der Waals surface area contributed by atoms with Crippen LogP contribution in [0.25, 0.3) is 0 Å². The van der Waals surface area contributed by atoms with Crippen molar-refractivity contribution in [3.05, 3.63) is 101 Å². The molecule has 0 saturated carbocycles. The lowest BCUT2D eigenvalue weighted by molar-refractivity contribution is -0.138. The lowest BCUT2D eigenvalue weighted by atomic mass is 9.86. The third-order valence-corrected chi connectivity index (χ3v) is 4.23. The number of aromatic nitrogens is 1. The Balaban J connectivity index is 2.06. The van der Waals surface area contributed by atoms with Crippen LogP contribution >= 0.6 is 0 Å². The van der Waals surface area contributed by atoms with Crippen LogP contribution in [0.2, 0.25) is 0 Å². The zero-order chi connectivity index (χ0) is 19.4. The van der Waals surface area contributed by atoms with Gasteiger partial charge in [-0.15, -0.1) is 0 Å². The fourth-order valence-corrected chi connectivity index (χ4v) is 2.93. The fourth-order valence-electron chi connectivity index (χ4n) is 2.93. The number of ketones is 1. The quantitative estimate of drug-likeness (QED) is 0.428. The van der Waals surface area contributed by atoms with Crippen LogP contribution in [-0.2, 0) is 6.18 Å². The summed E-state index contributed by atoms with van der Waals surface area (Å²) in [7, 11) is 0. The SMILES string of the molecule is O=C(C[C@@H](c1ccc(F)cc1)c1ncccc1C(F)(F)F)c1ccccc1. The summed E-state index contributed by atoms with van der Waals surface area (Å²) in [5.41, 5.74) is -0.361. The van der Waals surface area contributed by atoms with Crippen molar-refractivity contribution in [1.29, 1.82) is 0 Å². The minimum Gasteiger partial charge on any atom is -0.294 e. The highest BCUT2D eigenvalue weighted by Crippen LogP contribution is 2.38. The molecular formula is C21H15F4NO. The average Bonchev–Trinajstić information content (AvgIpc) is 2.67. The van der Waals surface area contributed by atoms with Gasteiger partial charge in [0.05, 0.1) is 11.3 Å². The summed E-state index contributed by atoms with van der Waals surface area (Å²) in [5, 5.41) is 0. The van der Waals surface area contributed by atoms with Crippen molar-refractivity contribution in [2.24, 2.45) is 0 Å². The van der Waals surface area contributed by atoms with Crippen molar-refractivity contribution < 1.29 is 22.4 Å². The number of hydrogen-bond acceptors (Lipinski definition) is 2. The Morgan fingerprint density at radius 1 is 0.926 bits per heavy atom. The Kier molecular flexibility index (Phi) is 5.35. The molecule has 0 fully saturated rings. The molecule has 0 unspecified atom stereocenters. The molecule has 27 heavy (non-hydrogen) atoms. The molecule has 0 amide bonds. The maximum absolute atomic E-state index is 13.5. The average molecular weight is 373 g/mol. The predicted octanol–water partition coefficient (Wildman–Crippen LogP) is 5.64. The summed E-state index contributed by atoms with van der Waals surface area (Å²) in [4.78, 5) is 16.6. The number of Topliss-reactive ketones (excluding diaryl/α,β-unsaturated/α-hetero) is 1. The van der Waals surface area contributed by atoms with Gasteiger partial charge in [0, 0.05) is 24.1 Å². The second-order valence-corrected chi connectivity index (χ2v) is 6.03. The van der Waals surface area contributed by atoms with Crippen molar-refractivity contribution in [1.82, 2.24) is 4.98 Å². The van der Waals surface area contributed by atoms with Crippen molar-refractivity contribution >= 4 is 5.78 Å². The van der Waals surface area contributed by atoms with Gasteiger partial charge in [-0.2, -0.15) is 13.2 Å². The molecule has 3 aromatic rings. The summed E-state index contributed by atoms with van der Waals surface area (Å²) in [6.07, 6.45) is -3.57.